The quantitative estimate of drug-likeness (QED) is 0.795. The fraction of sp³-hybridized carbons (Fsp3) is 0.333. The van der Waals surface area contributed by atoms with Crippen LogP contribution in [0.4, 0.5) is 0 Å². The molecule has 0 saturated heterocycles. The lowest BCUT2D eigenvalue weighted by molar-refractivity contribution is 0.423. The lowest BCUT2D eigenvalue weighted by Gasteiger charge is -2.19. The molecule has 1 N–H and O–H groups in total. The summed E-state index contributed by atoms with van der Waals surface area (Å²) in [7, 11) is 0. The highest BCUT2D eigenvalue weighted by Gasteiger charge is 2.14. The molecule has 0 aliphatic heterocycles. The summed E-state index contributed by atoms with van der Waals surface area (Å²) in [5, 5.41) is 14.7. The standard InChI is InChI=1S/C15H17N3OS/c1-15(2,3)16-9-13-17-18-14(20-13)12-8-10-6-4-5-7-11(10)19-12/h4-8,16H,9H2,1-3H3. The largest absolute Gasteiger partial charge is 0.453 e. The van der Waals surface area contributed by atoms with Crippen LogP contribution in [0.2, 0.25) is 0 Å². The first-order valence-corrected chi connectivity index (χ1v) is 7.39. The molecule has 0 atom stereocenters. The predicted molar refractivity (Wildman–Crippen MR) is 81.7 cm³/mol. The fourth-order valence-corrected chi connectivity index (χ4v) is 2.58. The summed E-state index contributed by atoms with van der Waals surface area (Å²) in [6.07, 6.45) is 0. The molecule has 0 radical (unpaired) electrons. The van der Waals surface area contributed by atoms with E-state index in [9.17, 15) is 0 Å². The predicted octanol–water partition coefficient (Wildman–Crippen LogP) is 3.84. The Bertz CT molecular complexity index is 691. The molecule has 0 saturated carbocycles. The molecule has 2 heterocycles. The van der Waals surface area contributed by atoms with Gasteiger partial charge in [-0.05, 0) is 32.9 Å². The molecule has 104 valence electrons. The molecule has 0 amide bonds. The Kier molecular flexibility index (Phi) is 3.31. The van der Waals surface area contributed by atoms with Crippen LogP contribution < -0.4 is 5.32 Å². The second-order valence-electron chi connectivity index (χ2n) is 5.75. The van der Waals surface area contributed by atoms with Gasteiger partial charge in [0.2, 0.25) is 0 Å². The van der Waals surface area contributed by atoms with Crippen LogP contribution in [0.25, 0.3) is 21.7 Å². The lowest BCUT2D eigenvalue weighted by atomic mass is 10.1. The second kappa shape index (κ2) is 5.00. The first kappa shape index (κ1) is 13.3. The first-order chi connectivity index (χ1) is 9.51. The molecule has 0 spiro atoms. The van der Waals surface area contributed by atoms with Gasteiger partial charge in [-0.25, -0.2) is 0 Å². The number of rotatable bonds is 3. The number of para-hydroxylation sites is 1. The minimum Gasteiger partial charge on any atom is -0.453 e. The van der Waals surface area contributed by atoms with Crippen LogP contribution in [0.15, 0.2) is 34.7 Å². The Labute approximate surface area is 121 Å². The minimum absolute atomic E-state index is 0.0746. The van der Waals surface area contributed by atoms with Crippen molar-refractivity contribution >= 4 is 22.3 Å². The van der Waals surface area contributed by atoms with E-state index in [4.69, 9.17) is 4.42 Å². The van der Waals surface area contributed by atoms with Gasteiger partial charge in [-0.15, -0.1) is 10.2 Å². The van der Waals surface area contributed by atoms with Gasteiger partial charge in [0.05, 0.1) is 6.54 Å². The summed E-state index contributed by atoms with van der Waals surface area (Å²) in [4.78, 5) is 0. The maximum Gasteiger partial charge on any atom is 0.183 e. The first-order valence-electron chi connectivity index (χ1n) is 6.58. The summed E-state index contributed by atoms with van der Waals surface area (Å²) in [6, 6.07) is 9.97. The van der Waals surface area contributed by atoms with Crippen LogP contribution in [0.5, 0.6) is 0 Å². The van der Waals surface area contributed by atoms with Crippen LogP contribution in [0, 0.1) is 0 Å². The van der Waals surface area contributed by atoms with Gasteiger partial charge in [-0.3, -0.25) is 0 Å². The maximum absolute atomic E-state index is 5.80. The van der Waals surface area contributed by atoms with Crippen LogP contribution in [0.1, 0.15) is 25.8 Å². The van der Waals surface area contributed by atoms with Gasteiger partial charge in [0.15, 0.2) is 10.8 Å². The van der Waals surface area contributed by atoms with Crippen molar-refractivity contribution in [1.82, 2.24) is 15.5 Å². The number of nitrogens with one attached hydrogen (secondary N) is 1. The van der Waals surface area contributed by atoms with E-state index in [1.54, 1.807) is 11.3 Å². The van der Waals surface area contributed by atoms with Gasteiger partial charge in [0.1, 0.15) is 10.6 Å². The van der Waals surface area contributed by atoms with Crippen molar-refractivity contribution in [2.45, 2.75) is 32.9 Å². The Hall–Kier alpha value is -1.72. The number of benzene rings is 1. The van der Waals surface area contributed by atoms with E-state index in [0.717, 1.165) is 33.3 Å². The molecule has 1 aromatic carbocycles. The average Bonchev–Trinajstić information content (AvgIpc) is 3.01. The molecule has 2 aromatic heterocycles. The summed E-state index contributed by atoms with van der Waals surface area (Å²) >= 11 is 1.56. The minimum atomic E-state index is 0.0746. The Morgan fingerprint density at radius 2 is 2.00 bits per heavy atom. The molecule has 20 heavy (non-hydrogen) atoms. The topological polar surface area (TPSA) is 51.0 Å². The van der Waals surface area contributed by atoms with E-state index in [0.29, 0.717) is 0 Å². The fourth-order valence-electron chi connectivity index (χ4n) is 1.85. The molecule has 5 heteroatoms. The number of hydrogen-bond donors (Lipinski definition) is 1. The molecule has 4 nitrogen and oxygen atoms in total. The van der Waals surface area contributed by atoms with E-state index < -0.39 is 0 Å². The van der Waals surface area contributed by atoms with Crippen LogP contribution >= 0.6 is 11.3 Å². The van der Waals surface area contributed by atoms with Crippen molar-refractivity contribution in [3.63, 3.8) is 0 Å². The van der Waals surface area contributed by atoms with Gasteiger partial charge in [-0.1, -0.05) is 29.5 Å². The smallest absolute Gasteiger partial charge is 0.183 e. The third-order valence-electron chi connectivity index (χ3n) is 2.87. The third-order valence-corrected chi connectivity index (χ3v) is 3.81. The van der Waals surface area contributed by atoms with Gasteiger partial charge < -0.3 is 9.73 Å². The van der Waals surface area contributed by atoms with Crippen molar-refractivity contribution in [2.75, 3.05) is 0 Å². The average molecular weight is 287 g/mol. The lowest BCUT2D eigenvalue weighted by Crippen LogP contribution is -2.35. The summed E-state index contributed by atoms with van der Waals surface area (Å²) in [5.41, 5.74) is 0.956. The van der Waals surface area contributed by atoms with Crippen molar-refractivity contribution in [2.24, 2.45) is 0 Å². The zero-order valence-electron chi connectivity index (χ0n) is 11.8. The molecule has 0 bridgehead atoms. The van der Waals surface area contributed by atoms with Crippen molar-refractivity contribution in [3.8, 4) is 10.8 Å². The summed E-state index contributed by atoms with van der Waals surface area (Å²) in [6.45, 7) is 7.12. The molecule has 0 fully saturated rings. The van der Waals surface area contributed by atoms with E-state index in [1.165, 1.54) is 0 Å². The molecule has 0 unspecified atom stereocenters. The highest BCUT2D eigenvalue weighted by molar-refractivity contribution is 7.14. The van der Waals surface area contributed by atoms with Crippen LogP contribution in [-0.4, -0.2) is 15.7 Å². The number of furan rings is 1. The Balaban J connectivity index is 1.82. The molecule has 0 aliphatic carbocycles. The molecule has 0 aliphatic rings. The number of fused-ring (bicyclic) bond motifs is 1. The summed E-state index contributed by atoms with van der Waals surface area (Å²) < 4.78 is 5.80. The molecular formula is C15H17N3OS. The molecular weight excluding hydrogens is 270 g/mol. The molecule has 3 rings (SSSR count). The van der Waals surface area contributed by atoms with E-state index in [2.05, 4.69) is 36.3 Å². The van der Waals surface area contributed by atoms with E-state index in [-0.39, 0.29) is 5.54 Å². The Morgan fingerprint density at radius 3 is 2.75 bits per heavy atom. The van der Waals surface area contributed by atoms with Crippen LogP contribution in [-0.2, 0) is 6.54 Å². The van der Waals surface area contributed by atoms with Crippen molar-refractivity contribution < 1.29 is 4.42 Å². The zero-order chi connectivity index (χ0) is 14.2. The maximum atomic E-state index is 5.80. The number of hydrogen-bond acceptors (Lipinski definition) is 5. The van der Waals surface area contributed by atoms with Gasteiger partial charge in [0, 0.05) is 10.9 Å². The SMILES string of the molecule is CC(C)(C)NCc1nnc(-c2cc3ccccc3o2)s1. The second-order valence-corrected chi connectivity index (χ2v) is 6.82. The van der Waals surface area contributed by atoms with Gasteiger partial charge >= 0.3 is 0 Å². The highest BCUT2D eigenvalue weighted by Crippen LogP contribution is 2.29. The number of nitrogens with zero attached hydrogens (tertiary/aromatic N) is 2. The highest BCUT2D eigenvalue weighted by atomic mass is 32.1. The summed E-state index contributed by atoms with van der Waals surface area (Å²) in [5.74, 6) is 0.783. The van der Waals surface area contributed by atoms with Gasteiger partial charge in [0.25, 0.3) is 0 Å². The molecule has 3 aromatic rings. The van der Waals surface area contributed by atoms with Crippen molar-refractivity contribution in [3.05, 3.63) is 35.3 Å². The van der Waals surface area contributed by atoms with Gasteiger partial charge in [-0.2, -0.15) is 0 Å². The monoisotopic (exact) mass is 287 g/mol. The van der Waals surface area contributed by atoms with Crippen molar-refractivity contribution in [1.29, 1.82) is 0 Å². The zero-order valence-corrected chi connectivity index (χ0v) is 12.6. The van der Waals surface area contributed by atoms with E-state index >= 15 is 0 Å². The van der Waals surface area contributed by atoms with E-state index in [1.807, 2.05) is 30.3 Å². The Morgan fingerprint density at radius 1 is 1.20 bits per heavy atom. The third kappa shape index (κ3) is 2.89. The van der Waals surface area contributed by atoms with Crippen LogP contribution in [0.3, 0.4) is 0 Å². The number of aromatic nitrogens is 2. The normalized spacial score (nSPS) is 12.2.